The maximum absolute atomic E-state index is 11.2. The zero-order valence-electron chi connectivity index (χ0n) is 11.2. The highest BCUT2D eigenvalue weighted by molar-refractivity contribution is 5.95. The van der Waals surface area contributed by atoms with Gasteiger partial charge < -0.3 is 14.3 Å². The molecule has 102 valence electrons. The normalized spacial score (nSPS) is 11.1. The van der Waals surface area contributed by atoms with Crippen molar-refractivity contribution in [2.24, 2.45) is 0 Å². The molecule has 4 heteroatoms. The van der Waals surface area contributed by atoms with Crippen molar-refractivity contribution in [3.8, 4) is 0 Å². The third-order valence-electron chi connectivity index (χ3n) is 3.14. The summed E-state index contributed by atoms with van der Waals surface area (Å²) in [6, 6.07) is 5.80. The lowest BCUT2D eigenvalue weighted by molar-refractivity contribution is 0.0663. The van der Waals surface area contributed by atoms with Crippen LogP contribution >= 0.6 is 0 Å². The molecule has 0 fully saturated rings. The molecule has 0 aliphatic heterocycles. The summed E-state index contributed by atoms with van der Waals surface area (Å²) >= 11 is 0. The second-order valence-corrected chi connectivity index (χ2v) is 4.54. The third kappa shape index (κ3) is 2.79. The molecule has 0 saturated carbocycles. The number of rotatable bonds is 6. The van der Waals surface area contributed by atoms with E-state index in [-0.39, 0.29) is 5.76 Å². The fourth-order valence-corrected chi connectivity index (χ4v) is 2.24. The van der Waals surface area contributed by atoms with E-state index < -0.39 is 5.97 Å². The Hall–Kier alpha value is -1.81. The van der Waals surface area contributed by atoms with Crippen LogP contribution in [0.5, 0.6) is 0 Å². The largest absolute Gasteiger partial charge is 0.475 e. The van der Waals surface area contributed by atoms with E-state index in [1.165, 1.54) is 0 Å². The smallest absolute Gasteiger partial charge is 0.372 e. The van der Waals surface area contributed by atoms with E-state index in [2.05, 4.69) is 0 Å². The molecule has 0 unspecified atom stereocenters. The summed E-state index contributed by atoms with van der Waals surface area (Å²) in [4.78, 5) is 11.2. The molecule has 0 spiro atoms. The third-order valence-corrected chi connectivity index (χ3v) is 3.14. The minimum absolute atomic E-state index is 0.0701. The minimum atomic E-state index is -1.00. The van der Waals surface area contributed by atoms with Gasteiger partial charge in [0, 0.05) is 18.1 Å². The Labute approximate surface area is 112 Å². The number of hydrogen-bond acceptors (Lipinski definition) is 3. The van der Waals surface area contributed by atoms with Gasteiger partial charge >= 0.3 is 5.97 Å². The van der Waals surface area contributed by atoms with Gasteiger partial charge in [-0.05, 0) is 30.5 Å². The van der Waals surface area contributed by atoms with Crippen LogP contribution in [0, 0.1) is 0 Å². The van der Waals surface area contributed by atoms with Gasteiger partial charge in [0.05, 0.1) is 6.61 Å². The number of aromatic carboxylic acids is 1. The molecule has 0 radical (unpaired) electrons. The number of carboxylic acids is 1. The molecule has 2 aromatic rings. The topological polar surface area (TPSA) is 59.7 Å². The molecule has 0 atom stereocenters. The number of furan rings is 1. The van der Waals surface area contributed by atoms with Gasteiger partial charge in [0.25, 0.3) is 0 Å². The van der Waals surface area contributed by atoms with Crippen molar-refractivity contribution in [2.75, 3.05) is 13.7 Å². The van der Waals surface area contributed by atoms with Crippen LogP contribution in [0.1, 0.15) is 35.0 Å². The highest BCUT2D eigenvalue weighted by atomic mass is 16.5. The molecule has 2 rings (SSSR count). The Balaban J connectivity index is 2.49. The van der Waals surface area contributed by atoms with Gasteiger partial charge in [0.15, 0.2) is 0 Å². The van der Waals surface area contributed by atoms with E-state index in [4.69, 9.17) is 9.15 Å². The first kappa shape index (κ1) is 13.6. The maximum Gasteiger partial charge on any atom is 0.372 e. The fourth-order valence-electron chi connectivity index (χ4n) is 2.24. The lowest BCUT2D eigenvalue weighted by atomic mass is 10.0. The number of fused-ring (bicyclic) bond motifs is 1. The number of carboxylic acid groups (broad SMARTS) is 1. The van der Waals surface area contributed by atoms with Crippen LogP contribution in [0.25, 0.3) is 11.0 Å². The fraction of sp³-hybridized carbons (Fsp3) is 0.400. The lowest BCUT2D eigenvalue weighted by Gasteiger charge is -2.01. The van der Waals surface area contributed by atoms with Crippen LogP contribution in [0.15, 0.2) is 22.6 Å². The van der Waals surface area contributed by atoms with Gasteiger partial charge in [-0.3, -0.25) is 0 Å². The number of methoxy groups -OCH3 is 1. The van der Waals surface area contributed by atoms with Crippen molar-refractivity contribution in [3.05, 3.63) is 35.1 Å². The van der Waals surface area contributed by atoms with E-state index in [1.807, 2.05) is 25.1 Å². The number of carbonyl (C=O) groups is 1. The number of hydrogen-bond donors (Lipinski definition) is 1. The van der Waals surface area contributed by atoms with Crippen LogP contribution in [0.3, 0.4) is 0 Å². The summed E-state index contributed by atoms with van der Waals surface area (Å²) in [6.45, 7) is 2.68. The van der Waals surface area contributed by atoms with Crippen molar-refractivity contribution in [1.29, 1.82) is 0 Å². The summed E-state index contributed by atoms with van der Waals surface area (Å²) in [6.07, 6.45) is 2.41. The molecule has 1 heterocycles. The number of ether oxygens (including phenoxy) is 1. The first-order valence-corrected chi connectivity index (χ1v) is 6.44. The second-order valence-electron chi connectivity index (χ2n) is 4.54. The molecule has 1 N–H and O–H groups in total. The summed E-state index contributed by atoms with van der Waals surface area (Å²) in [7, 11) is 1.67. The van der Waals surface area contributed by atoms with Crippen molar-refractivity contribution in [2.45, 2.75) is 26.2 Å². The maximum atomic E-state index is 11.2. The predicted octanol–water partition coefficient (Wildman–Crippen LogP) is 3.27. The Morgan fingerprint density at radius 3 is 2.79 bits per heavy atom. The monoisotopic (exact) mass is 262 g/mol. The molecular weight excluding hydrogens is 244 g/mol. The van der Waals surface area contributed by atoms with Crippen LogP contribution in [-0.2, 0) is 17.6 Å². The van der Waals surface area contributed by atoms with Gasteiger partial charge in [0.1, 0.15) is 5.58 Å². The van der Waals surface area contributed by atoms with Crippen molar-refractivity contribution in [3.63, 3.8) is 0 Å². The van der Waals surface area contributed by atoms with E-state index >= 15 is 0 Å². The Bertz CT molecular complexity index is 583. The summed E-state index contributed by atoms with van der Waals surface area (Å²) in [5.74, 6) is -0.932. The standard InChI is InChI=1S/C15H18O4/c1-3-4-11-12-9-10(7-8-18-2)5-6-13(12)19-14(11)15(16)17/h5-6,9H,3-4,7-8H2,1-2H3,(H,16,17). The van der Waals surface area contributed by atoms with Crippen LogP contribution in [0.2, 0.25) is 0 Å². The van der Waals surface area contributed by atoms with Gasteiger partial charge in [-0.2, -0.15) is 0 Å². The van der Waals surface area contributed by atoms with Gasteiger partial charge in [-0.1, -0.05) is 19.4 Å². The predicted molar refractivity (Wildman–Crippen MR) is 72.7 cm³/mol. The van der Waals surface area contributed by atoms with Gasteiger partial charge in [-0.25, -0.2) is 4.79 Å². The highest BCUT2D eigenvalue weighted by Crippen LogP contribution is 2.28. The SMILES string of the molecule is CCCc1c(C(=O)O)oc2ccc(CCOC)cc12. The van der Waals surface area contributed by atoms with Crippen molar-refractivity contribution in [1.82, 2.24) is 0 Å². The van der Waals surface area contributed by atoms with E-state index in [9.17, 15) is 9.90 Å². The molecule has 4 nitrogen and oxygen atoms in total. The van der Waals surface area contributed by atoms with Gasteiger partial charge in [-0.15, -0.1) is 0 Å². The van der Waals surface area contributed by atoms with Crippen molar-refractivity contribution >= 4 is 16.9 Å². The Morgan fingerprint density at radius 2 is 2.16 bits per heavy atom. The highest BCUT2D eigenvalue weighted by Gasteiger charge is 2.19. The lowest BCUT2D eigenvalue weighted by Crippen LogP contribution is -1.99. The molecule has 1 aromatic heterocycles. The second kappa shape index (κ2) is 5.89. The molecule has 0 saturated heterocycles. The quantitative estimate of drug-likeness (QED) is 0.868. The Morgan fingerprint density at radius 1 is 1.37 bits per heavy atom. The van der Waals surface area contributed by atoms with E-state index in [0.717, 1.165) is 29.4 Å². The molecule has 19 heavy (non-hydrogen) atoms. The molecule has 0 amide bonds. The average molecular weight is 262 g/mol. The molecular formula is C15H18O4. The molecule has 0 aliphatic rings. The molecule has 0 bridgehead atoms. The van der Waals surface area contributed by atoms with Crippen LogP contribution < -0.4 is 0 Å². The van der Waals surface area contributed by atoms with Crippen LogP contribution in [0.4, 0.5) is 0 Å². The van der Waals surface area contributed by atoms with E-state index in [1.54, 1.807) is 7.11 Å². The first-order valence-electron chi connectivity index (χ1n) is 6.44. The number of benzene rings is 1. The van der Waals surface area contributed by atoms with Crippen molar-refractivity contribution < 1.29 is 19.1 Å². The Kier molecular flexibility index (Phi) is 4.22. The zero-order chi connectivity index (χ0) is 13.8. The summed E-state index contributed by atoms with van der Waals surface area (Å²) in [5, 5.41) is 10.1. The molecule has 1 aromatic carbocycles. The average Bonchev–Trinajstić information content (AvgIpc) is 2.75. The zero-order valence-corrected chi connectivity index (χ0v) is 11.2. The van der Waals surface area contributed by atoms with E-state index in [0.29, 0.717) is 18.6 Å². The number of aryl methyl sites for hydroxylation is 1. The molecule has 0 aliphatic carbocycles. The minimum Gasteiger partial charge on any atom is -0.475 e. The van der Waals surface area contributed by atoms with Gasteiger partial charge in [0.2, 0.25) is 5.76 Å². The summed E-state index contributed by atoms with van der Waals surface area (Å²) < 4.78 is 10.5. The summed E-state index contributed by atoms with van der Waals surface area (Å²) in [5.41, 5.74) is 2.57. The first-order chi connectivity index (χ1) is 9.17. The van der Waals surface area contributed by atoms with Crippen LogP contribution in [-0.4, -0.2) is 24.8 Å².